The van der Waals surface area contributed by atoms with E-state index in [0.717, 1.165) is 37.2 Å². The molecule has 1 heterocycles. The molecular weight excluding hydrogens is 548 g/mol. The molecule has 0 radical (unpaired) electrons. The van der Waals surface area contributed by atoms with Gasteiger partial charge in [0.1, 0.15) is 6.17 Å². The van der Waals surface area contributed by atoms with Crippen molar-refractivity contribution in [2.75, 3.05) is 19.9 Å². The second kappa shape index (κ2) is 15.6. The molecule has 4 rings (SSSR count). The van der Waals surface area contributed by atoms with Crippen LogP contribution in [0.1, 0.15) is 89.0 Å². The highest BCUT2D eigenvalue weighted by Gasteiger charge is 2.45. The Hall–Kier alpha value is -1.62. The zero-order chi connectivity index (χ0) is 29.3. The van der Waals surface area contributed by atoms with Crippen LogP contribution in [0.3, 0.4) is 0 Å². The van der Waals surface area contributed by atoms with Gasteiger partial charge >= 0.3 is 12.5 Å². The van der Waals surface area contributed by atoms with Crippen molar-refractivity contribution in [1.82, 2.24) is 0 Å². The van der Waals surface area contributed by atoms with Gasteiger partial charge in [-0.05, 0) is 74.0 Å². The number of alkyl halides is 6. The van der Waals surface area contributed by atoms with Gasteiger partial charge in [0, 0.05) is 12.3 Å². The molecule has 2 aliphatic carbocycles. The van der Waals surface area contributed by atoms with Crippen LogP contribution < -0.4 is 4.74 Å². The highest BCUT2D eigenvalue weighted by atomic mass is 19.3. The Bertz CT molecular complexity index is 831. The minimum atomic E-state index is -4.99. The number of hydrogen-bond donors (Lipinski definition) is 0. The van der Waals surface area contributed by atoms with Gasteiger partial charge in [0.15, 0.2) is 23.7 Å². The van der Waals surface area contributed by atoms with E-state index in [-0.39, 0.29) is 37.3 Å². The zero-order valence-corrected chi connectivity index (χ0v) is 22.8. The van der Waals surface area contributed by atoms with Crippen LogP contribution >= 0.6 is 0 Å². The van der Waals surface area contributed by atoms with Crippen LogP contribution in [0, 0.1) is 29.4 Å². The Morgan fingerprint density at radius 3 is 1.95 bits per heavy atom. The van der Waals surface area contributed by atoms with Crippen LogP contribution in [0.15, 0.2) is 12.1 Å². The van der Waals surface area contributed by atoms with Gasteiger partial charge in [0.05, 0.1) is 19.9 Å². The quantitative estimate of drug-likeness (QED) is 0.269. The Morgan fingerprint density at radius 2 is 1.45 bits per heavy atom. The lowest BCUT2D eigenvalue weighted by molar-refractivity contribution is -0.255. The molecule has 0 N–H and O–H groups in total. The van der Waals surface area contributed by atoms with Gasteiger partial charge in [-0.2, -0.15) is 17.6 Å². The minimum absolute atomic E-state index is 0.176. The van der Waals surface area contributed by atoms with Gasteiger partial charge in [-0.25, -0.2) is 13.2 Å². The summed E-state index contributed by atoms with van der Waals surface area (Å²) in [6.07, 6.45) is -0.722. The first-order chi connectivity index (χ1) is 19.0. The highest BCUT2D eigenvalue weighted by Crippen LogP contribution is 2.39. The third kappa shape index (κ3) is 9.46. The number of ether oxygens (including phenoxy) is 3. The molecule has 1 saturated heterocycles. The molecule has 3 aliphatic rings. The van der Waals surface area contributed by atoms with Crippen LogP contribution in [0.2, 0.25) is 0 Å². The van der Waals surface area contributed by atoms with E-state index < -0.39 is 36.1 Å². The lowest BCUT2D eigenvalue weighted by atomic mass is 9.75. The average Bonchev–Trinajstić information content (AvgIpc) is 2.93. The van der Waals surface area contributed by atoms with Gasteiger partial charge in [-0.15, -0.1) is 0 Å². The van der Waals surface area contributed by atoms with E-state index in [9.17, 15) is 35.1 Å². The van der Waals surface area contributed by atoms with E-state index >= 15 is 0 Å². The smallest absolute Gasteiger partial charge is 0.422 e. The molecular formula is C29H40F8O3. The summed E-state index contributed by atoms with van der Waals surface area (Å²) in [7, 11) is 0. The molecule has 2 saturated carbocycles. The maximum Gasteiger partial charge on any atom is 0.461 e. The second-order valence-electron chi connectivity index (χ2n) is 11.1. The van der Waals surface area contributed by atoms with Crippen molar-refractivity contribution in [2.45, 2.75) is 108 Å². The van der Waals surface area contributed by atoms with Crippen LogP contribution in [0.25, 0.3) is 0 Å². The molecule has 0 unspecified atom stereocenters. The normalized spacial score (nSPS) is 29.6. The molecule has 1 aromatic carbocycles. The third-order valence-corrected chi connectivity index (χ3v) is 8.23. The molecule has 40 heavy (non-hydrogen) atoms. The third-order valence-electron chi connectivity index (χ3n) is 8.23. The monoisotopic (exact) mass is 588 g/mol. The molecule has 1 aromatic rings. The summed E-state index contributed by atoms with van der Waals surface area (Å²) in [5.74, 6) is -2.56. The van der Waals surface area contributed by atoms with E-state index in [0.29, 0.717) is 25.2 Å². The minimum Gasteiger partial charge on any atom is -0.422 e. The Kier molecular flexibility index (Phi) is 12.8. The van der Waals surface area contributed by atoms with Crippen LogP contribution in [0.5, 0.6) is 5.75 Å². The molecule has 3 nitrogen and oxygen atoms in total. The number of hydrogen-bond acceptors (Lipinski definition) is 3. The molecule has 3 fully saturated rings. The van der Waals surface area contributed by atoms with Crippen LogP contribution in [-0.2, 0) is 9.47 Å². The van der Waals surface area contributed by atoms with E-state index in [2.05, 4.69) is 11.7 Å². The van der Waals surface area contributed by atoms with Crippen molar-refractivity contribution < 1.29 is 49.3 Å². The first-order valence-electron chi connectivity index (χ1n) is 14.3. The first-order valence-corrected chi connectivity index (χ1v) is 14.3. The SMILES string of the molecule is CCCC1CCC(C2COC(CCF)OC2)CC1.Fc1cc(C2CCC(F)CC2)cc(F)c1OC(F)(F)C(F)F. The average molecular weight is 589 g/mol. The van der Waals surface area contributed by atoms with E-state index in [4.69, 9.17) is 9.47 Å². The van der Waals surface area contributed by atoms with Crippen LogP contribution in [-0.4, -0.2) is 44.9 Å². The fourth-order valence-electron chi connectivity index (χ4n) is 5.92. The molecule has 11 heteroatoms. The van der Waals surface area contributed by atoms with E-state index in [1.807, 2.05) is 0 Å². The molecule has 0 aromatic heterocycles. The van der Waals surface area contributed by atoms with Crippen molar-refractivity contribution in [2.24, 2.45) is 17.8 Å². The molecule has 0 atom stereocenters. The predicted octanol–water partition coefficient (Wildman–Crippen LogP) is 9.14. The lowest BCUT2D eigenvalue weighted by Gasteiger charge is -2.37. The first kappa shape index (κ1) is 32.9. The summed E-state index contributed by atoms with van der Waals surface area (Å²) in [6, 6.07) is 1.53. The van der Waals surface area contributed by atoms with Crippen molar-refractivity contribution in [3.05, 3.63) is 29.3 Å². The molecule has 230 valence electrons. The van der Waals surface area contributed by atoms with Gasteiger partial charge in [0.2, 0.25) is 0 Å². The summed E-state index contributed by atoms with van der Waals surface area (Å²) < 4.78 is 117. The van der Waals surface area contributed by atoms with Crippen molar-refractivity contribution in [3.63, 3.8) is 0 Å². The Labute approximate surface area is 230 Å². The van der Waals surface area contributed by atoms with Gasteiger partial charge in [-0.3, -0.25) is 4.39 Å². The standard InChI is InChI=1S/C15H27FO2.C14H13F7O/c1-2-3-12-4-6-13(7-5-12)14-10-17-15(8-9-16)18-11-14;15-9-3-1-7(2-4-9)8-5-10(16)12(11(17)6-8)22-14(20,21)13(18)19/h12-15H,2-11H2,1H3;5-7,9,13H,1-4H2. The molecule has 0 spiro atoms. The number of halogens is 8. The molecule has 0 amide bonds. The van der Waals surface area contributed by atoms with Crippen molar-refractivity contribution in [1.29, 1.82) is 0 Å². The zero-order valence-electron chi connectivity index (χ0n) is 22.8. The summed E-state index contributed by atoms with van der Waals surface area (Å²) in [6.45, 7) is 3.47. The maximum atomic E-state index is 13.7. The fourth-order valence-corrected chi connectivity index (χ4v) is 5.92. The second-order valence-corrected chi connectivity index (χ2v) is 11.1. The Balaban J connectivity index is 0.000000225. The largest absolute Gasteiger partial charge is 0.461 e. The Morgan fingerprint density at radius 1 is 0.875 bits per heavy atom. The van der Waals surface area contributed by atoms with Gasteiger partial charge < -0.3 is 14.2 Å². The van der Waals surface area contributed by atoms with E-state index in [1.165, 1.54) is 38.5 Å². The van der Waals surface area contributed by atoms with Crippen molar-refractivity contribution in [3.8, 4) is 5.75 Å². The van der Waals surface area contributed by atoms with Crippen LogP contribution in [0.4, 0.5) is 35.1 Å². The number of rotatable bonds is 9. The van der Waals surface area contributed by atoms with Crippen molar-refractivity contribution >= 4 is 0 Å². The maximum absolute atomic E-state index is 13.7. The summed E-state index contributed by atoms with van der Waals surface area (Å²) in [5.41, 5.74) is 0.176. The molecule has 0 bridgehead atoms. The fraction of sp³-hybridized carbons (Fsp3) is 0.793. The number of benzene rings is 1. The summed E-state index contributed by atoms with van der Waals surface area (Å²) in [4.78, 5) is 0. The molecule has 1 aliphatic heterocycles. The predicted molar refractivity (Wildman–Crippen MR) is 134 cm³/mol. The van der Waals surface area contributed by atoms with E-state index in [1.54, 1.807) is 0 Å². The summed E-state index contributed by atoms with van der Waals surface area (Å²) >= 11 is 0. The highest BCUT2D eigenvalue weighted by molar-refractivity contribution is 5.33. The van der Waals surface area contributed by atoms with Gasteiger partial charge in [0.25, 0.3) is 0 Å². The summed E-state index contributed by atoms with van der Waals surface area (Å²) in [5, 5.41) is 0. The van der Waals surface area contributed by atoms with Gasteiger partial charge in [-0.1, -0.05) is 32.6 Å². The topological polar surface area (TPSA) is 27.7 Å². The lowest BCUT2D eigenvalue weighted by Crippen LogP contribution is -2.37.